The highest BCUT2D eigenvalue weighted by atomic mass is 15.3. The molecule has 1 unspecified atom stereocenters. The Labute approximate surface area is 94.9 Å². The summed E-state index contributed by atoms with van der Waals surface area (Å²) >= 11 is 0. The molecule has 1 aliphatic rings. The molecule has 0 aliphatic heterocycles. The summed E-state index contributed by atoms with van der Waals surface area (Å²) in [5, 5.41) is 4.46. The second kappa shape index (κ2) is 3.46. The third-order valence-electron chi connectivity index (χ3n) is 3.31. The van der Waals surface area contributed by atoms with Crippen molar-refractivity contribution in [2.75, 3.05) is 0 Å². The topological polar surface area (TPSA) is 43.8 Å². The molecule has 3 heteroatoms. The Morgan fingerprint density at radius 3 is 3.00 bits per heavy atom. The first-order valence-electron chi connectivity index (χ1n) is 5.66. The van der Waals surface area contributed by atoms with Gasteiger partial charge in [-0.3, -0.25) is 0 Å². The quantitative estimate of drug-likeness (QED) is 0.788. The Bertz CT molecular complexity index is 528. The molecule has 2 aromatic rings. The maximum atomic E-state index is 6.12. The van der Waals surface area contributed by atoms with Crippen LogP contribution in [0.3, 0.4) is 0 Å². The number of benzene rings is 1. The largest absolute Gasteiger partial charge is 0.323 e. The highest BCUT2D eigenvalue weighted by molar-refractivity contribution is 5.43. The Hall–Kier alpha value is -1.61. The van der Waals surface area contributed by atoms with E-state index in [9.17, 15) is 0 Å². The minimum absolute atomic E-state index is 0.136. The zero-order chi connectivity index (χ0) is 11.1. The lowest BCUT2D eigenvalue weighted by Crippen LogP contribution is -2.13. The van der Waals surface area contributed by atoms with Crippen molar-refractivity contribution >= 4 is 0 Å². The smallest absolute Gasteiger partial charge is 0.0678 e. The minimum Gasteiger partial charge on any atom is -0.323 e. The Kier molecular flexibility index (Phi) is 2.07. The van der Waals surface area contributed by atoms with Gasteiger partial charge in [-0.1, -0.05) is 18.2 Å². The van der Waals surface area contributed by atoms with Crippen molar-refractivity contribution < 1.29 is 0 Å². The molecule has 82 valence electrons. The summed E-state index contributed by atoms with van der Waals surface area (Å²) in [6.45, 7) is 2.10. The van der Waals surface area contributed by atoms with Crippen molar-refractivity contribution in [3.8, 4) is 5.69 Å². The molecule has 1 aromatic carbocycles. The summed E-state index contributed by atoms with van der Waals surface area (Å²) in [4.78, 5) is 0. The maximum Gasteiger partial charge on any atom is 0.0678 e. The van der Waals surface area contributed by atoms with E-state index in [1.165, 1.54) is 16.8 Å². The third kappa shape index (κ3) is 1.28. The van der Waals surface area contributed by atoms with Gasteiger partial charge in [0.05, 0.1) is 17.6 Å². The standard InChI is InChI=1S/C13H15N3/c1-9-4-2-3-5-12(9)16-13-10(8-15-16)6-7-11(13)14/h2-5,8,11H,6-7,14H2,1H3. The van der Waals surface area contributed by atoms with E-state index in [2.05, 4.69) is 24.2 Å². The molecule has 0 bridgehead atoms. The fourth-order valence-electron chi connectivity index (χ4n) is 2.42. The monoisotopic (exact) mass is 213 g/mol. The summed E-state index contributed by atoms with van der Waals surface area (Å²) in [5.41, 5.74) is 11.0. The maximum absolute atomic E-state index is 6.12. The van der Waals surface area contributed by atoms with Crippen LogP contribution in [0, 0.1) is 6.92 Å². The highest BCUT2D eigenvalue weighted by Crippen LogP contribution is 2.31. The number of nitrogens with zero attached hydrogens (tertiary/aromatic N) is 2. The number of para-hydroxylation sites is 1. The van der Waals surface area contributed by atoms with Crippen LogP contribution in [0.5, 0.6) is 0 Å². The molecular weight excluding hydrogens is 198 g/mol. The minimum atomic E-state index is 0.136. The summed E-state index contributed by atoms with van der Waals surface area (Å²) in [7, 11) is 0. The molecular formula is C13H15N3. The molecule has 16 heavy (non-hydrogen) atoms. The molecule has 0 radical (unpaired) electrons. The first kappa shape index (κ1) is 9.60. The van der Waals surface area contributed by atoms with Crippen LogP contribution in [0.15, 0.2) is 30.5 Å². The third-order valence-corrected chi connectivity index (χ3v) is 3.31. The normalized spacial score (nSPS) is 18.8. The first-order valence-corrected chi connectivity index (χ1v) is 5.66. The van der Waals surface area contributed by atoms with Crippen molar-refractivity contribution in [3.63, 3.8) is 0 Å². The number of hydrogen-bond donors (Lipinski definition) is 1. The predicted octanol–water partition coefficient (Wildman–Crippen LogP) is 2.13. The molecule has 3 rings (SSSR count). The van der Waals surface area contributed by atoms with Gasteiger partial charge in [-0.25, -0.2) is 4.68 Å². The van der Waals surface area contributed by atoms with Crippen molar-refractivity contribution in [3.05, 3.63) is 47.3 Å². The average Bonchev–Trinajstić information content (AvgIpc) is 2.83. The van der Waals surface area contributed by atoms with E-state index in [-0.39, 0.29) is 6.04 Å². The second-order valence-electron chi connectivity index (χ2n) is 4.40. The Balaban J connectivity index is 2.19. The van der Waals surface area contributed by atoms with Crippen LogP contribution in [-0.2, 0) is 6.42 Å². The van der Waals surface area contributed by atoms with E-state index < -0.39 is 0 Å². The van der Waals surface area contributed by atoms with Gasteiger partial charge in [-0.15, -0.1) is 0 Å². The summed E-state index contributed by atoms with van der Waals surface area (Å²) in [5.74, 6) is 0. The van der Waals surface area contributed by atoms with Crippen molar-refractivity contribution in [2.24, 2.45) is 5.73 Å². The molecule has 0 spiro atoms. The molecule has 0 fully saturated rings. The SMILES string of the molecule is Cc1ccccc1-n1ncc2c1C(N)CC2. The molecule has 1 aromatic heterocycles. The van der Waals surface area contributed by atoms with Crippen LogP contribution in [0.2, 0.25) is 0 Å². The van der Waals surface area contributed by atoms with Gasteiger partial charge in [0.25, 0.3) is 0 Å². The van der Waals surface area contributed by atoms with E-state index in [1.54, 1.807) is 0 Å². The van der Waals surface area contributed by atoms with E-state index in [1.807, 2.05) is 23.0 Å². The molecule has 3 nitrogen and oxygen atoms in total. The zero-order valence-electron chi connectivity index (χ0n) is 9.35. The van der Waals surface area contributed by atoms with Gasteiger partial charge in [-0.05, 0) is 37.0 Å². The van der Waals surface area contributed by atoms with Crippen LogP contribution in [0.1, 0.15) is 29.3 Å². The lowest BCUT2D eigenvalue weighted by atomic mass is 10.2. The first-order chi connectivity index (χ1) is 7.77. The molecule has 2 N–H and O–H groups in total. The Morgan fingerprint density at radius 1 is 1.38 bits per heavy atom. The number of hydrogen-bond acceptors (Lipinski definition) is 2. The van der Waals surface area contributed by atoms with Crippen LogP contribution < -0.4 is 5.73 Å². The van der Waals surface area contributed by atoms with Gasteiger partial charge in [-0.2, -0.15) is 5.10 Å². The van der Waals surface area contributed by atoms with E-state index in [0.29, 0.717) is 0 Å². The van der Waals surface area contributed by atoms with Gasteiger partial charge < -0.3 is 5.73 Å². The van der Waals surface area contributed by atoms with Crippen LogP contribution >= 0.6 is 0 Å². The van der Waals surface area contributed by atoms with Crippen LogP contribution in [0.25, 0.3) is 5.69 Å². The highest BCUT2D eigenvalue weighted by Gasteiger charge is 2.25. The van der Waals surface area contributed by atoms with Gasteiger partial charge in [0.2, 0.25) is 0 Å². The van der Waals surface area contributed by atoms with Gasteiger partial charge in [0.1, 0.15) is 0 Å². The number of nitrogens with two attached hydrogens (primary N) is 1. The van der Waals surface area contributed by atoms with E-state index >= 15 is 0 Å². The van der Waals surface area contributed by atoms with Crippen LogP contribution in [0.4, 0.5) is 0 Å². The lowest BCUT2D eigenvalue weighted by Gasteiger charge is -2.11. The molecule has 1 atom stereocenters. The van der Waals surface area contributed by atoms with Gasteiger partial charge >= 0.3 is 0 Å². The Morgan fingerprint density at radius 2 is 2.19 bits per heavy atom. The van der Waals surface area contributed by atoms with Crippen molar-refractivity contribution in [1.82, 2.24) is 9.78 Å². The van der Waals surface area contributed by atoms with Crippen LogP contribution in [-0.4, -0.2) is 9.78 Å². The van der Waals surface area contributed by atoms with Crippen molar-refractivity contribution in [1.29, 1.82) is 0 Å². The molecule has 0 saturated carbocycles. The fraction of sp³-hybridized carbons (Fsp3) is 0.308. The predicted molar refractivity (Wildman–Crippen MR) is 63.6 cm³/mol. The van der Waals surface area contributed by atoms with Gasteiger partial charge in [0, 0.05) is 6.04 Å². The van der Waals surface area contributed by atoms with E-state index in [4.69, 9.17) is 5.73 Å². The molecule has 1 heterocycles. The number of fused-ring (bicyclic) bond motifs is 1. The summed E-state index contributed by atoms with van der Waals surface area (Å²) in [6, 6.07) is 8.41. The molecule has 0 amide bonds. The summed E-state index contributed by atoms with van der Waals surface area (Å²) < 4.78 is 2.00. The summed E-state index contributed by atoms with van der Waals surface area (Å²) in [6.07, 6.45) is 4.05. The van der Waals surface area contributed by atoms with Crippen molar-refractivity contribution in [2.45, 2.75) is 25.8 Å². The van der Waals surface area contributed by atoms with Gasteiger partial charge in [0.15, 0.2) is 0 Å². The number of aromatic nitrogens is 2. The second-order valence-corrected chi connectivity index (χ2v) is 4.40. The fourth-order valence-corrected chi connectivity index (χ4v) is 2.42. The number of rotatable bonds is 1. The molecule has 0 saturated heterocycles. The zero-order valence-corrected chi connectivity index (χ0v) is 9.35. The van der Waals surface area contributed by atoms with E-state index in [0.717, 1.165) is 18.5 Å². The lowest BCUT2D eigenvalue weighted by molar-refractivity contribution is 0.652. The average molecular weight is 213 g/mol. The number of aryl methyl sites for hydroxylation is 2. The molecule has 1 aliphatic carbocycles.